The molecule has 21 heavy (non-hydrogen) atoms. The quantitative estimate of drug-likeness (QED) is 0.800. The summed E-state index contributed by atoms with van der Waals surface area (Å²) in [5.41, 5.74) is 1.46. The smallest absolute Gasteiger partial charge is 0.338 e. The Morgan fingerprint density at radius 2 is 2.24 bits per heavy atom. The van der Waals surface area contributed by atoms with Crippen LogP contribution in [-0.2, 0) is 20.8 Å². The fourth-order valence-electron chi connectivity index (χ4n) is 3.66. The van der Waals surface area contributed by atoms with Crippen molar-refractivity contribution in [3.8, 4) is 0 Å². The third-order valence-electron chi connectivity index (χ3n) is 4.70. The molecule has 0 aromatic heterocycles. The van der Waals surface area contributed by atoms with Gasteiger partial charge in [-0.05, 0) is 24.1 Å². The van der Waals surface area contributed by atoms with E-state index in [0.717, 1.165) is 18.6 Å². The largest absolute Gasteiger partial charge is 0.458 e. The molecule has 4 heteroatoms. The molecule has 2 fully saturated rings. The summed E-state index contributed by atoms with van der Waals surface area (Å²) < 4.78 is 16.6. The van der Waals surface area contributed by atoms with Gasteiger partial charge in [0.2, 0.25) is 0 Å². The van der Waals surface area contributed by atoms with Crippen molar-refractivity contribution in [3.63, 3.8) is 0 Å². The lowest BCUT2D eigenvalue weighted by molar-refractivity contribution is -0.183. The summed E-state index contributed by atoms with van der Waals surface area (Å²) in [6.45, 7) is 5.49. The van der Waals surface area contributed by atoms with E-state index in [1.165, 1.54) is 0 Å². The molecule has 1 aromatic carbocycles. The molecular formula is C17H22O4. The van der Waals surface area contributed by atoms with Crippen LogP contribution in [0.3, 0.4) is 0 Å². The van der Waals surface area contributed by atoms with Gasteiger partial charge in [0.25, 0.3) is 0 Å². The van der Waals surface area contributed by atoms with Crippen LogP contribution in [0.1, 0.15) is 36.2 Å². The standard InChI is InChI=1S/C17H22O4/c1-17(2)14-13(7-8-20-14)15(17)21-16(18)12-6-4-5-11(9-12)10-19-3/h4-6,9,13-15H,7-8,10H2,1-3H3/t13-,14-,15+/m0/s1. The monoisotopic (exact) mass is 290 g/mol. The van der Waals surface area contributed by atoms with Crippen molar-refractivity contribution in [2.75, 3.05) is 13.7 Å². The molecule has 114 valence electrons. The highest BCUT2D eigenvalue weighted by atomic mass is 16.6. The van der Waals surface area contributed by atoms with E-state index >= 15 is 0 Å². The molecule has 1 heterocycles. The molecule has 1 aliphatic carbocycles. The van der Waals surface area contributed by atoms with Crippen molar-refractivity contribution in [3.05, 3.63) is 35.4 Å². The number of ether oxygens (including phenoxy) is 3. The van der Waals surface area contributed by atoms with Gasteiger partial charge in [0.15, 0.2) is 0 Å². The summed E-state index contributed by atoms with van der Waals surface area (Å²) in [4.78, 5) is 12.4. The second-order valence-electron chi connectivity index (χ2n) is 6.52. The number of methoxy groups -OCH3 is 1. The molecule has 1 saturated carbocycles. The Morgan fingerprint density at radius 3 is 3.00 bits per heavy atom. The number of rotatable bonds is 4. The molecule has 2 aliphatic rings. The molecule has 0 bridgehead atoms. The second kappa shape index (κ2) is 5.43. The van der Waals surface area contributed by atoms with Crippen molar-refractivity contribution in [1.82, 2.24) is 0 Å². The fourth-order valence-corrected chi connectivity index (χ4v) is 3.66. The molecular weight excluding hydrogens is 268 g/mol. The number of esters is 1. The molecule has 0 N–H and O–H groups in total. The molecule has 0 radical (unpaired) electrons. The van der Waals surface area contributed by atoms with E-state index in [9.17, 15) is 4.79 Å². The van der Waals surface area contributed by atoms with Crippen LogP contribution < -0.4 is 0 Å². The van der Waals surface area contributed by atoms with E-state index in [-0.39, 0.29) is 23.6 Å². The van der Waals surface area contributed by atoms with Gasteiger partial charge < -0.3 is 14.2 Å². The summed E-state index contributed by atoms with van der Waals surface area (Å²) >= 11 is 0. The normalized spacial score (nSPS) is 29.6. The lowest BCUT2D eigenvalue weighted by atomic mass is 9.59. The first-order valence-electron chi connectivity index (χ1n) is 7.44. The van der Waals surface area contributed by atoms with Crippen LogP contribution >= 0.6 is 0 Å². The van der Waals surface area contributed by atoms with Crippen LogP contribution in [-0.4, -0.2) is 31.9 Å². The zero-order chi connectivity index (χ0) is 15.0. The minimum Gasteiger partial charge on any atom is -0.458 e. The number of hydrogen-bond donors (Lipinski definition) is 0. The van der Waals surface area contributed by atoms with Gasteiger partial charge in [0, 0.05) is 25.0 Å². The first-order chi connectivity index (χ1) is 10.0. The van der Waals surface area contributed by atoms with Gasteiger partial charge in [0.1, 0.15) is 6.10 Å². The number of benzene rings is 1. The maximum Gasteiger partial charge on any atom is 0.338 e. The van der Waals surface area contributed by atoms with Gasteiger partial charge in [0.05, 0.1) is 18.3 Å². The third-order valence-corrected chi connectivity index (χ3v) is 4.70. The van der Waals surface area contributed by atoms with E-state index in [1.54, 1.807) is 13.2 Å². The van der Waals surface area contributed by atoms with E-state index in [1.807, 2.05) is 18.2 Å². The van der Waals surface area contributed by atoms with Crippen LogP contribution in [0.15, 0.2) is 24.3 Å². The Labute approximate surface area is 125 Å². The van der Waals surface area contributed by atoms with Gasteiger partial charge in [-0.15, -0.1) is 0 Å². The first-order valence-corrected chi connectivity index (χ1v) is 7.44. The average molecular weight is 290 g/mol. The maximum atomic E-state index is 12.4. The average Bonchev–Trinajstić information content (AvgIpc) is 2.92. The van der Waals surface area contributed by atoms with E-state index in [0.29, 0.717) is 18.1 Å². The zero-order valence-electron chi connectivity index (χ0n) is 12.8. The fraction of sp³-hybridized carbons (Fsp3) is 0.588. The van der Waals surface area contributed by atoms with Crippen LogP contribution in [0.25, 0.3) is 0 Å². The molecule has 1 aliphatic heterocycles. The molecule has 0 spiro atoms. The molecule has 3 rings (SSSR count). The zero-order valence-corrected chi connectivity index (χ0v) is 12.8. The van der Waals surface area contributed by atoms with Crippen LogP contribution in [0.2, 0.25) is 0 Å². The highest BCUT2D eigenvalue weighted by Gasteiger charge is 2.61. The second-order valence-corrected chi connectivity index (χ2v) is 6.52. The van der Waals surface area contributed by atoms with E-state index in [2.05, 4.69) is 13.8 Å². The topological polar surface area (TPSA) is 44.8 Å². The Morgan fingerprint density at radius 1 is 1.43 bits per heavy atom. The summed E-state index contributed by atoms with van der Waals surface area (Å²) in [6.07, 6.45) is 1.16. The minimum atomic E-state index is -0.253. The molecule has 1 aromatic rings. The lowest BCUT2D eigenvalue weighted by Crippen LogP contribution is -2.61. The summed E-state index contributed by atoms with van der Waals surface area (Å²) in [5.74, 6) is 0.0995. The van der Waals surface area contributed by atoms with Gasteiger partial charge in [-0.3, -0.25) is 0 Å². The number of carbonyl (C=O) groups is 1. The first kappa shape index (κ1) is 14.5. The van der Waals surface area contributed by atoms with E-state index < -0.39 is 0 Å². The molecule has 0 amide bonds. The Bertz CT molecular complexity index is 537. The molecule has 3 atom stereocenters. The molecule has 0 unspecified atom stereocenters. The van der Waals surface area contributed by atoms with Crippen LogP contribution in [0, 0.1) is 11.3 Å². The van der Waals surface area contributed by atoms with Crippen molar-refractivity contribution in [2.45, 2.75) is 39.1 Å². The van der Waals surface area contributed by atoms with Crippen LogP contribution in [0.5, 0.6) is 0 Å². The number of fused-ring (bicyclic) bond motifs is 1. The Balaban J connectivity index is 1.70. The van der Waals surface area contributed by atoms with Gasteiger partial charge >= 0.3 is 5.97 Å². The van der Waals surface area contributed by atoms with Crippen LogP contribution in [0.4, 0.5) is 0 Å². The van der Waals surface area contributed by atoms with Gasteiger partial charge in [-0.25, -0.2) is 4.79 Å². The summed E-state index contributed by atoms with van der Waals surface area (Å²) in [6, 6.07) is 7.42. The highest BCUT2D eigenvalue weighted by Crippen LogP contribution is 2.53. The lowest BCUT2D eigenvalue weighted by Gasteiger charge is -2.53. The maximum absolute atomic E-state index is 12.4. The third kappa shape index (κ3) is 2.47. The molecule has 4 nitrogen and oxygen atoms in total. The van der Waals surface area contributed by atoms with Crippen molar-refractivity contribution in [2.24, 2.45) is 11.3 Å². The van der Waals surface area contributed by atoms with Crippen molar-refractivity contribution in [1.29, 1.82) is 0 Å². The highest BCUT2D eigenvalue weighted by molar-refractivity contribution is 5.89. The molecule has 1 saturated heterocycles. The Hall–Kier alpha value is -1.39. The summed E-state index contributed by atoms with van der Waals surface area (Å²) in [7, 11) is 1.64. The SMILES string of the molecule is COCc1cccc(C(=O)O[C@@H]2[C@H]3CCO[C@@H]3C2(C)C)c1. The number of hydrogen-bond acceptors (Lipinski definition) is 4. The predicted molar refractivity (Wildman–Crippen MR) is 78.0 cm³/mol. The van der Waals surface area contributed by atoms with E-state index in [4.69, 9.17) is 14.2 Å². The predicted octanol–water partition coefficient (Wildman–Crippen LogP) is 2.80. The minimum absolute atomic E-state index is 0.0522. The van der Waals surface area contributed by atoms with Gasteiger partial charge in [-0.1, -0.05) is 26.0 Å². The summed E-state index contributed by atoms with van der Waals surface area (Å²) in [5, 5.41) is 0. The van der Waals surface area contributed by atoms with Crippen molar-refractivity contribution >= 4 is 5.97 Å². The van der Waals surface area contributed by atoms with Crippen molar-refractivity contribution < 1.29 is 19.0 Å². The number of carbonyl (C=O) groups excluding carboxylic acids is 1. The Kier molecular flexibility index (Phi) is 3.76. The van der Waals surface area contributed by atoms with Gasteiger partial charge in [-0.2, -0.15) is 0 Å².